The van der Waals surface area contributed by atoms with Crippen LogP contribution in [-0.4, -0.2) is 68.8 Å². The molecule has 3 saturated carbocycles. The lowest BCUT2D eigenvalue weighted by molar-refractivity contribution is -0.141. The molecule has 2 aromatic heterocycles. The molecule has 4 fully saturated rings. The molecule has 2 N–H and O–H groups in total. The van der Waals surface area contributed by atoms with E-state index in [0.717, 1.165) is 36.8 Å². The van der Waals surface area contributed by atoms with Gasteiger partial charge < -0.3 is 15.2 Å². The van der Waals surface area contributed by atoms with Crippen molar-refractivity contribution in [1.82, 2.24) is 24.8 Å². The van der Waals surface area contributed by atoms with Crippen molar-refractivity contribution in [3.63, 3.8) is 0 Å². The number of aromatic nitrogens is 3. The van der Waals surface area contributed by atoms with Crippen LogP contribution in [0.25, 0.3) is 11.2 Å². The number of alkyl halides is 3. The smallest absolute Gasteiger partial charge is 0.434 e. The summed E-state index contributed by atoms with van der Waals surface area (Å²) in [5.74, 6) is -1.12. The number of hydrogen-bond acceptors (Lipinski definition) is 7. The minimum atomic E-state index is -4.80. The van der Waals surface area contributed by atoms with Crippen LogP contribution in [0.4, 0.5) is 13.2 Å². The Morgan fingerprint density at radius 1 is 1.24 bits per heavy atom. The summed E-state index contributed by atoms with van der Waals surface area (Å²) in [6.07, 6.45) is -1.05. The van der Waals surface area contributed by atoms with Gasteiger partial charge in [-0.05, 0) is 31.6 Å². The first-order chi connectivity index (χ1) is 15.7. The quantitative estimate of drug-likeness (QED) is 0.686. The van der Waals surface area contributed by atoms with Gasteiger partial charge in [-0.1, -0.05) is 0 Å². The van der Waals surface area contributed by atoms with Crippen LogP contribution in [0.15, 0.2) is 11.0 Å². The third-order valence-electron chi connectivity index (χ3n) is 6.82. The van der Waals surface area contributed by atoms with Gasteiger partial charge in [-0.15, -0.1) is 0 Å². The van der Waals surface area contributed by atoms with Crippen LogP contribution in [0.3, 0.4) is 0 Å². The molecule has 0 spiro atoms. The minimum Gasteiger partial charge on any atom is -0.505 e. The fraction of sp³-hybridized carbons (Fsp3) is 0.619. The fourth-order valence-electron chi connectivity index (χ4n) is 4.94. The average Bonchev–Trinajstić information content (AvgIpc) is 2.97. The number of nitrogens with zero attached hydrogens (tertiary/aromatic N) is 4. The highest BCUT2D eigenvalue weighted by atomic mass is 19.4. The predicted octanol–water partition coefficient (Wildman–Crippen LogP) is 1.52. The van der Waals surface area contributed by atoms with E-state index < -0.39 is 40.2 Å². The van der Waals surface area contributed by atoms with Crippen molar-refractivity contribution in [1.29, 1.82) is 0 Å². The van der Waals surface area contributed by atoms with E-state index in [2.05, 4.69) is 20.2 Å². The van der Waals surface area contributed by atoms with E-state index in [-0.39, 0.29) is 17.7 Å². The number of pyridine rings is 1. The lowest BCUT2D eigenvalue weighted by Gasteiger charge is -2.61. The molecular formula is C21H24F3N5O4. The largest absolute Gasteiger partial charge is 0.505 e. The van der Waals surface area contributed by atoms with Gasteiger partial charge in [0.2, 0.25) is 0 Å². The van der Waals surface area contributed by atoms with Gasteiger partial charge in [0.05, 0.1) is 12.8 Å². The first-order valence-electron chi connectivity index (χ1n) is 11.0. The second-order valence-corrected chi connectivity index (χ2v) is 9.13. The van der Waals surface area contributed by atoms with E-state index >= 15 is 0 Å². The maximum atomic E-state index is 13.3. The number of ether oxygens (including phenoxy) is 1. The van der Waals surface area contributed by atoms with Crippen LogP contribution in [0.2, 0.25) is 0 Å². The lowest BCUT2D eigenvalue weighted by Crippen LogP contribution is -2.68. The Labute approximate surface area is 186 Å². The van der Waals surface area contributed by atoms with Gasteiger partial charge in [0, 0.05) is 38.3 Å². The van der Waals surface area contributed by atoms with Gasteiger partial charge in [-0.2, -0.15) is 13.2 Å². The molecule has 0 radical (unpaired) electrons. The van der Waals surface area contributed by atoms with Crippen molar-refractivity contribution in [2.75, 3.05) is 32.8 Å². The van der Waals surface area contributed by atoms with Crippen LogP contribution >= 0.6 is 0 Å². The molecule has 178 valence electrons. The van der Waals surface area contributed by atoms with Gasteiger partial charge in [-0.25, -0.2) is 9.97 Å². The number of carbonyl (C=O) groups is 1. The van der Waals surface area contributed by atoms with E-state index in [1.807, 2.05) is 0 Å². The van der Waals surface area contributed by atoms with Crippen LogP contribution in [0.5, 0.6) is 5.75 Å². The number of rotatable bonds is 5. The Balaban J connectivity index is 1.55. The Bertz CT molecular complexity index is 1140. The number of carbonyl (C=O) groups excluding carboxylic acids is 1. The van der Waals surface area contributed by atoms with E-state index in [4.69, 9.17) is 4.74 Å². The molecule has 0 atom stereocenters. The zero-order chi connectivity index (χ0) is 23.4. The molecule has 3 aliphatic carbocycles. The fourth-order valence-corrected chi connectivity index (χ4v) is 4.94. The van der Waals surface area contributed by atoms with Crippen molar-refractivity contribution >= 4 is 17.1 Å². The number of fused-ring (bicyclic) bond motifs is 1. The lowest BCUT2D eigenvalue weighted by atomic mass is 9.50. The highest BCUT2D eigenvalue weighted by Gasteiger charge is 2.57. The molecule has 0 unspecified atom stereocenters. The molecule has 2 bridgehead atoms. The first kappa shape index (κ1) is 22.1. The summed E-state index contributed by atoms with van der Waals surface area (Å²) in [6, 6.07) is 0. The van der Waals surface area contributed by atoms with Crippen molar-refractivity contribution < 1.29 is 27.8 Å². The van der Waals surface area contributed by atoms with Crippen LogP contribution < -0.4 is 10.9 Å². The SMILES string of the molecule is O=C(NC12CC(C1)C2)c1c(O)c2nc(C(F)(F)F)cnc2n(CCN2CCCOCC2)c1=O. The zero-order valence-corrected chi connectivity index (χ0v) is 17.8. The number of nitrogens with one attached hydrogen (secondary N) is 1. The number of aromatic hydroxyl groups is 1. The molecule has 4 aliphatic rings. The number of amides is 1. The Hall–Kier alpha value is -2.73. The molecule has 33 heavy (non-hydrogen) atoms. The normalized spacial score (nSPS) is 25.2. The summed E-state index contributed by atoms with van der Waals surface area (Å²) in [7, 11) is 0. The Morgan fingerprint density at radius 3 is 2.67 bits per heavy atom. The monoisotopic (exact) mass is 467 g/mol. The summed E-state index contributed by atoms with van der Waals surface area (Å²) in [4.78, 5) is 35.7. The molecule has 12 heteroatoms. The molecule has 1 saturated heterocycles. The second kappa shape index (κ2) is 7.94. The van der Waals surface area contributed by atoms with Gasteiger partial charge in [0.1, 0.15) is 11.1 Å². The minimum absolute atomic E-state index is 0.0726. The standard InChI is InChI=1S/C21H24F3N5O4/c22-21(23,24)13-11-25-17-15(26-13)16(30)14(18(31)27-20-8-12(9-20)10-20)19(32)29(17)4-3-28-2-1-6-33-7-5-28/h11-12,30H,1-10H2,(H,27,31). The van der Waals surface area contributed by atoms with Gasteiger partial charge in [0.25, 0.3) is 11.5 Å². The van der Waals surface area contributed by atoms with E-state index in [9.17, 15) is 27.9 Å². The Kier molecular flexibility index (Phi) is 5.31. The van der Waals surface area contributed by atoms with Crippen molar-refractivity contribution in [2.45, 2.75) is 43.9 Å². The molecule has 9 nitrogen and oxygen atoms in total. The second-order valence-electron chi connectivity index (χ2n) is 9.13. The molecular weight excluding hydrogens is 443 g/mol. The van der Waals surface area contributed by atoms with E-state index in [1.54, 1.807) is 0 Å². The highest BCUT2D eigenvalue weighted by molar-refractivity contribution is 6.01. The van der Waals surface area contributed by atoms with Gasteiger partial charge in [0.15, 0.2) is 17.1 Å². The van der Waals surface area contributed by atoms with Crippen LogP contribution in [0.1, 0.15) is 41.7 Å². The zero-order valence-electron chi connectivity index (χ0n) is 17.8. The summed E-state index contributed by atoms with van der Waals surface area (Å²) in [5, 5.41) is 13.5. The topological polar surface area (TPSA) is 110 Å². The van der Waals surface area contributed by atoms with Gasteiger partial charge >= 0.3 is 6.18 Å². The maximum Gasteiger partial charge on any atom is 0.434 e. The van der Waals surface area contributed by atoms with Crippen LogP contribution in [0, 0.1) is 5.92 Å². The maximum absolute atomic E-state index is 13.3. The summed E-state index contributed by atoms with van der Waals surface area (Å²) < 4.78 is 46.3. The van der Waals surface area contributed by atoms with Crippen LogP contribution in [-0.2, 0) is 17.5 Å². The third-order valence-corrected chi connectivity index (χ3v) is 6.82. The average molecular weight is 467 g/mol. The highest BCUT2D eigenvalue weighted by Crippen LogP contribution is 2.57. The molecule has 1 amide bonds. The predicted molar refractivity (Wildman–Crippen MR) is 110 cm³/mol. The summed E-state index contributed by atoms with van der Waals surface area (Å²) in [5.41, 5.74) is -3.81. The van der Waals surface area contributed by atoms with E-state index in [0.29, 0.717) is 38.4 Å². The molecule has 2 aromatic rings. The Morgan fingerprint density at radius 2 is 2.00 bits per heavy atom. The van der Waals surface area contributed by atoms with Gasteiger partial charge in [-0.3, -0.25) is 19.1 Å². The van der Waals surface area contributed by atoms with Crippen molar-refractivity contribution in [3.05, 3.63) is 27.8 Å². The summed E-state index contributed by atoms with van der Waals surface area (Å²) >= 11 is 0. The molecule has 0 aromatic carbocycles. The third kappa shape index (κ3) is 3.95. The number of hydrogen-bond donors (Lipinski definition) is 2. The first-order valence-corrected chi connectivity index (χ1v) is 11.0. The molecule has 6 rings (SSSR count). The summed E-state index contributed by atoms with van der Waals surface area (Å²) in [6.45, 7) is 3.03. The molecule has 3 heterocycles. The van der Waals surface area contributed by atoms with Crippen molar-refractivity contribution in [2.24, 2.45) is 5.92 Å². The van der Waals surface area contributed by atoms with E-state index in [1.165, 1.54) is 0 Å². The van der Waals surface area contributed by atoms with Crippen molar-refractivity contribution in [3.8, 4) is 5.75 Å². The number of halogens is 3. The molecule has 1 aliphatic heterocycles.